The Morgan fingerprint density at radius 3 is 2.63 bits per heavy atom. The zero-order valence-electron chi connectivity index (χ0n) is 22.5. The molecule has 0 bridgehead atoms. The van der Waals surface area contributed by atoms with Crippen LogP contribution in [0, 0.1) is 0 Å². The fourth-order valence-electron chi connectivity index (χ4n) is 4.40. The number of thioether (sulfide) groups is 1. The number of esters is 1. The van der Waals surface area contributed by atoms with Crippen molar-refractivity contribution in [2.24, 2.45) is 0 Å². The molecule has 4 rings (SSSR count). The second-order valence-corrected chi connectivity index (χ2v) is 12.2. The number of allylic oxidation sites excluding steroid dienone is 1. The fraction of sp³-hybridized carbons (Fsp3) is 0.429. The van der Waals surface area contributed by atoms with E-state index in [1.807, 2.05) is 23.6 Å². The van der Waals surface area contributed by atoms with Gasteiger partial charge in [-0.1, -0.05) is 50.7 Å². The second-order valence-electron chi connectivity index (χ2n) is 10.2. The van der Waals surface area contributed by atoms with Gasteiger partial charge in [0.25, 0.3) is 0 Å². The number of fused-ring (bicyclic) bond motifs is 1. The van der Waals surface area contributed by atoms with Crippen molar-refractivity contribution in [1.29, 1.82) is 0 Å². The van der Waals surface area contributed by atoms with Gasteiger partial charge in [0.15, 0.2) is 17.1 Å². The predicted octanol–water partition coefficient (Wildman–Crippen LogP) is 5.97. The first kappa shape index (κ1) is 27.9. The molecule has 8 nitrogen and oxygen atoms in total. The molecule has 1 N–H and O–H groups in total. The second kappa shape index (κ2) is 11.7. The number of nitrogens with zero attached hydrogens (tertiary/aromatic N) is 3. The van der Waals surface area contributed by atoms with Gasteiger partial charge in [-0.25, -0.2) is 4.79 Å². The van der Waals surface area contributed by atoms with Crippen LogP contribution < -0.4 is 10.1 Å². The highest BCUT2D eigenvalue weighted by molar-refractivity contribution is 7.99. The third-order valence-corrected chi connectivity index (χ3v) is 8.52. The molecule has 10 heteroatoms. The molecule has 1 aliphatic carbocycles. The number of amides is 1. The number of rotatable bonds is 10. The van der Waals surface area contributed by atoms with Crippen LogP contribution in [0.15, 0.2) is 42.1 Å². The molecule has 1 atom stereocenters. The Morgan fingerprint density at radius 1 is 1.24 bits per heavy atom. The van der Waals surface area contributed by atoms with Crippen LogP contribution in [0.4, 0.5) is 5.00 Å². The third-order valence-electron chi connectivity index (χ3n) is 6.35. The van der Waals surface area contributed by atoms with Gasteiger partial charge in [0.05, 0.1) is 18.4 Å². The van der Waals surface area contributed by atoms with Gasteiger partial charge >= 0.3 is 5.97 Å². The van der Waals surface area contributed by atoms with E-state index < -0.39 is 5.97 Å². The van der Waals surface area contributed by atoms with E-state index in [0.717, 1.165) is 35.5 Å². The zero-order chi connectivity index (χ0) is 27.4. The molecule has 1 aromatic carbocycles. The molecule has 0 radical (unpaired) electrons. The summed E-state index contributed by atoms with van der Waals surface area (Å²) in [6.07, 6.45) is 4.17. The molecule has 2 aromatic heterocycles. The van der Waals surface area contributed by atoms with E-state index in [1.54, 1.807) is 6.08 Å². The molecule has 1 amide bonds. The summed E-state index contributed by atoms with van der Waals surface area (Å²) in [4.78, 5) is 26.4. The minimum Gasteiger partial charge on any atom is -0.483 e. The molecule has 2 heterocycles. The first-order chi connectivity index (χ1) is 18.1. The average Bonchev–Trinajstić information content (AvgIpc) is 3.57. The summed E-state index contributed by atoms with van der Waals surface area (Å²) in [5.41, 5.74) is 2.79. The highest BCUT2D eigenvalue weighted by atomic mass is 32.2. The largest absolute Gasteiger partial charge is 0.483 e. The van der Waals surface area contributed by atoms with Crippen molar-refractivity contribution in [1.82, 2.24) is 14.8 Å². The predicted molar refractivity (Wildman–Crippen MR) is 151 cm³/mol. The van der Waals surface area contributed by atoms with Gasteiger partial charge in [-0.15, -0.1) is 28.1 Å². The van der Waals surface area contributed by atoms with E-state index in [4.69, 9.17) is 9.47 Å². The number of hydrogen-bond donors (Lipinski definition) is 1. The number of hydrogen-bond acceptors (Lipinski definition) is 8. The minimum absolute atomic E-state index is 0.0666. The van der Waals surface area contributed by atoms with E-state index >= 15 is 0 Å². The molecule has 0 fully saturated rings. The summed E-state index contributed by atoms with van der Waals surface area (Å²) in [7, 11) is 1.36. The first-order valence-corrected chi connectivity index (χ1v) is 14.4. The van der Waals surface area contributed by atoms with Crippen molar-refractivity contribution in [3.63, 3.8) is 0 Å². The van der Waals surface area contributed by atoms with Crippen LogP contribution in [0.2, 0.25) is 0 Å². The molecular weight excluding hydrogens is 520 g/mol. The molecule has 0 saturated carbocycles. The van der Waals surface area contributed by atoms with Crippen LogP contribution in [-0.2, 0) is 34.3 Å². The molecule has 202 valence electrons. The number of carbonyl (C=O) groups is 2. The maximum Gasteiger partial charge on any atom is 0.341 e. The van der Waals surface area contributed by atoms with Crippen LogP contribution in [0.3, 0.4) is 0 Å². The lowest BCUT2D eigenvalue weighted by atomic mass is 9.87. The van der Waals surface area contributed by atoms with Crippen molar-refractivity contribution in [2.45, 2.75) is 70.2 Å². The van der Waals surface area contributed by atoms with Crippen LogP contribution in [-0.4, -0.2) is 39.5 Å². The highest BCUT2D eigenvalue weighted by Crippen LogP contribution is 2.39. The van der Waals surface area contributed by atoms with Gasteiger partial charge in [0.2, 0.25) is 5.91 Å². The fourth-order valence-corrected chi connectivity index (χ4v) is 6.45. The maximum atomic E-state index is 12.8. The smallest absolute Gasteiger partial charge is 0.341 e. The number of methoxy groups -OCH3 is 1. The van der Waals surface area contributed by atoms with Gasteiger partial charge in [0, 0.05) is 11.4 Å². The van der Waals surface area contributed by atoms with E-state index in [-0.39, 0.29) is 23.2 Å². The number of thiophene rings is 1. The Bertz CT molecular complexity index is 1320. The van der Waals surface area contributed by atoms with Crippen molar-refractivity contribution in [3.05, 3.63) is 64.3 Å². The highest BCUT2D eigenvalue weighted by Gasteiger charge is 2.28. The number of ether oxygens (including phenoxy) is 2. The molecule has 0 saturated heterocycles. The quantitative estimate of drug-likeness (QED) is 0.187. The average molecular weight is 555 g/mol. The lowest BCUT2D eigenvalue weighted by Gasteiger charge is -2.20. The normalized spacial score (nSPS) is 13.6. The number of benzene rings is 1. The SMILES string of the molecule is C=CCn1c(SCC(=O)Nc2sc3c(c2C(=O)OC)CCC3)nnc1C(C)Oc1ccc(C(C)(C)C)cc1. The summed E-state index contributed by atoms with van der Waals surface area (Å²) in [6, 6.07) is 8.08. The van der Waals surface area contributed by atoms with Crippen LogP contribution >= 0.6 is 23.1 Å². The maximum absolute atomic E-state index is 12.8. The molecule has 38 heavy (non-hydrogen) atoms. The van der Waals surface area contributed by atoms with Crippen molar-refractivity contribution < 1.29 is 19.1 Å². The van der Waals surface area contributed by atoms with Crippen LogP contribution in [0.5, 0.6) is 5.75 Å². The first-order valence-electron chi connectivity index (χ1n) is 12.6. The molecule has 1 unspecified atom stereocenters. The summed E-state index contributed by atoms with van der Waals surface area (Å²) in [5.74, 6) is 0.872. The summed E-state index contributed by atoms with van der Waals surface area (Å²) in [6.45, 7) is 12.8. The van der Waals surface area contributed by atoms with Gasteiger partial charge in [0.1, 0.15) is 10.8 Å². The van der Waals surface area contributed by atoms with Crippen LogP contribution in [0.25, 0.3) is 0 Å². The lowest BCUT2D eigenvalue weighted by Crippen LogP contribution is -2.17. The van der Waals surface area contributed by atoms with E-state index in [1.165, 1.54) is 35.8 Å². The molecule has 3 aromatic rings. The Balaban J connectivity index is 1.43. The Labute approximate surface area is 231 Å². The lowest BCUT2D eigenvalue weighted by molar-refractivity contribution is -0.113. The van der Waals surface area contributed by atoms with Crippen molar-refractivity contribution >= 4 is 40.0 Å². The van der Waals surface area contributed by atoms with E-state index in [9.17, 15) is 9.59 Å². The number of aromatic nitrogens is 3. The zero-order valence-corrected chi connectivity index (χ0v) is 24.1. The van der Waals surface area contributed by atoms with Crippen LogP contribution in [0.1, 0.15) is 72.4 Å². The number of nitrogens with one attached hydrogen (secondary N) is 1. The van der Waals surface area contributed by atoms with Gasteiger partial charge in [-0.05, 0) is 54.9 Å². The number of anilines is 1. The van der Waals surface area contributed by atoms with Gasteiger partial charge in [-0.2, -0.15) is 0 Å². The number of carbonyl (C=O) groups excluding carboxylic acids is 2. The minimum atomic E-state index is -0.412. The number of aryl methyl sites for hydroxylation is 1. The Kier molecular flexibility index (Phi) is 8.62. The van der Waals surface area contributed by atoms with E-state index in [2.05, 4.69) is 55.0 Å². The van der Waals surface area contributed by atoms with E-state index in [0.29, 0.717) is 28.1 Å². The molecular formula is C28H34N4O4S2. The van der Waals surface area contributed by atoms with Gasteiger partial charge in [-0.3, -0.25) is 9.36 Å². The Morgan fingerprint density at radius 2 is 1.97 bits per heavy atom. The molecule has 1 aliphatic rings. The summed E-state index contributed by atoms with van der Waals surface area (Å²) < 4.78 is 13.0. The van der Waals surface area contributed by atoms with Gasteiger partial charge < -0.3 is 14.8 Å². The summed E-state index contributed by atoms with van der Waals surface area (Å²) >= 11 is 2.74. The topological polar surface area (TPSA) is 95.3 Å². The monoisotopic (exact) mass is 554 g/mol. The third kappa shape index (κ3) is 6.13. The molecule has 0 aliphatic heterocycles. The van der Waals surface area contributed by atoms with Crippen molar-refractivity contribution in [3.8, 4) is 5.75 Å². The Hall–Kier alpha value is -3.11. The van der Waals surface area contributed by atoms with Crippen molar-refractivity contribution in [2.75, 3.05) is 18.2 Å². The molecule has 0 spiro atoms. The summed E-state index contributed by atoms with van der Waals surface area (Å²) in [5, 5.41) is 12.7. The standard InChI is InChI=1S/C28H34N4O4S2/c1-7-15-32-24(17(2)36-19-13-11-18(12-14-19)28(3,4)5)30-31-27(32)37-16-22(33)29-25-23(26(34)35-6)20-9-8-10-21(20)38-25/h7,11-14,17H,1,8-10,15-16H2,2-6H3,(H,29,33).